The number of benzene rings is 1. The number of aliphatic hydroxyl groups excluding tert-OH is 1. The van der Waals surface area contributed by atoms with Crippen LogP contribution < -0.4 is 0 Å². The zero-order valence-electron chi connectivity index (χ0n) is 20.1. The van der Waals surface area contributed by atoms with Crippen LogP contribution in [0.3, 0.4) is 0 Å². The molecular formula is C28H44O3. The molecule has 0 aromatic heterocycles. The summed E-state index contributed by atoms with van der Waals surface area (Å²) in [5.41, 5.74) is 5.05. The second-order valence-corrected chi connectivity index (χ2v) is 9.56. The minimum Gasteiger partial charge on any atom is -0.462 e. The standard InChI is InChI=1S/C28H44O3/c1-5-7-8-9-25-16-17-27(18-24(25)6-2)26-14-12-22(13-15-26)10-11-23(19-29)20-31-28(30)21(3)4/h16-18,22-23,26,29H,3,5-15,19-20H2,1-2,4H3. The Bertz CT molecular complexity index is 685. The van der Waals surface area contributed by atoms with E-state index < -0.39 is 0 Å². The number of hydrogen-bond acceptors (Lipinski definition) is 3. The number of hydrogen-bond donors (Lipinski definition) is 1. The van der Waals surface area contributed by atoms with E-state index in [4.69, 9.17) is 4.74 Å². The largest absolute Gasteiger partial charge is 0.462 e. The van der Waals surface area contributed by atoms with Gasteiger partial charge < -0.3 is 9.84 Å². The Labute approximate surface area is 190 Å². The van der Waals surface area contributed by atoms with Gasteiger partial charge in [-0.2, -0.15) is 0 Å². The van der Waals surface area contributed by atoms with Gasteiger partial charge >= 0.3 is 5.97 Å². The fraction of sp³-hybridized carbons (Fsp3) is 0.679. The molecule has 1 aromatic rings. The van der Waals surface area contributed by atoms with Gasteiger partial charge in [0.1, 0.15) is 0 Å². The van der Waals surface area contributed by atoms with Crippen LogP contribution in [0.1, 0.15) is 101 Å². The summed E-state index contributed by atoms with van der Waals surface area (Å²) >= 11 is 0. The smallest absolute Gasteiger partial charge is 0.333 e. The molecule has 2 rings (SSSR count). The van der Waals surface area contributed by atoms with Crippen LogP contribution in [0.15, 0.2) is 30.4 Å². The molecule has 1 aliphatic rings. The second-order valence-electron chi connectivity index (χ2n) is 9.56. The normalized spacial score (nSPS) is 19.7. The van der Waals surface area contributed by atoms with E-state index in [0.717, 1.165) is 25.2 Å². The summed E-state index contributed by atoms with van der Waals surface area (Å²) in [4.78, 5) is 11.6. The molecule has 1 aromatic carbocycles. The highest BCUT2D eigenvalue weighted by Gasteiger charge is 2.24. The molecule has 3 nitrogen and oxygen atoms in total. The van der Waals surface area contributed by atoms with Crippen molar-refractivity contribution in [1.29, 1.82) is 0 Å². The van der Waals surface area contributed by atoms with Gasteiger partial charge in [0.25, 0.3) is 0 Å². The van der Waals surface area contributed by atoms with E-state index in [1.54, 1.807) is 18.1 Å². The third-order valence-corrected chi connectivity index (χ3v) is 7.02. The Balaban J connectivity index is 1.80. The Morgan fingerprint density at radius 2 is 1.90 bits per heavy atom. The van der Waals surface area contributed by atoms with Crippen molar-refractivity contribution in [2.24, 2.45) is 11.8 Å². The number of ether oxygens (including phenoxy) is 1. The first kappa shape index (κ1) is 25.6. The van der Waals surface area contributed by atoms with Gasteiger partial charge in [-0.25, -0.2) is 4.79 Å². The summed E-state index contributed by atoms with van der Waals surface area (Å²) in [6.07, 6.45) is 13.3. The zero-order chi connectivity index (χ0) is 22.6. The molecule has 0 saturated heterocycles. The van der Waals surface area contributed by atoms with Crippen molar-refractivity contribution in [3.05, 3.63) is 47.0 Å². The maximum absolute atomic E-state index is 11.6. The zero-order valence-corrected chi connectivity index (χ0v) is 20.1. The molecule has 1 atom stereocenters. The minimum absolute atomic E-state index is 0.0355. The molecule has 0 heterocycles. The van der Waals surface area contributed by atoms with E-state index in [-0.39, 0.29) is 18.5 Å². The molecule has 1 unspecified atom stereocenters. The predicted octanol–water partition coefficient (Wildman–Crippen LogP) is 6.76. The topological polar surface area (TPSA) is 46.5 Å². The van der Waals surface area contributed by atoms with Crippen LogP contribution in [0.25, 0.3) is 0 Å². The summed E-state index contributed by atoms with van der Waals surface area (Å²) in [6.45, 7) is 10.2. The molecule has 1 saturated carbocycles. The number of carbonyl (C=O) groups excluding carboxylic acids is 1. The van der Waals surface area contributed by atoms with Crippen molar-refractivity contribution in [2.45, 2.75) is 97.3 Å². The number of aliphatic hydroxyl groups is 1. The van der Waals surface area contributed by atoms with Crippen molar-refractivity contribution in [1.82, 2.24) is 0 Å². The van der Waals surface area contributed by atoms with Crippen molar-refractivity contribution >= 4 is 5.97 Å². The average Bonchev–Trinajstić information content (AvgIpc) is 2.79. The van der Waals surface area contributed by atoms with E-state index in [2.05, 4.69) is 38.6 Å². The maximum Gasteiger partial charge on any atom is 0.333 e. The SMILES string of the molecule is C=C(C)C(=O)OCC(CO)CCC1CCC(c2ccc(CCCCC)c(CC)c2)CC1. The summed E-state index contributed by atoms with van der Waals surface area (Å²) in [7, 11) is 0. The Morgan fingerprint density at radius 3 is 2.52 bits per heavy atom. The molecule has 1 aliphatic carbocycles. The van der Waals surface area contributed by atoms with E-state index in [1.807, 2.05) is 0 Å². The fourth-order valence-electron chi connectivity index (χ4n) is 4.84. The van der Waals surface area contributed by atoms with Crippen LogP contribution in [-0.4, -0.2) is 24.3 Å². The summed E-state index contributed by atoms with van der Waals surface area (Å²) in [5.74, 6) is 1.09. The molecule has 31 heavy (non-hydrogen) atoms. The monoisotopic (exact) mass is 428 g/mol. The lowest BCUT2D eigenvalue weighted by Gasteiger charge is -2.30. The third kappa shape index (κ3) is 8.44. The average molecular weight is 429 g/mol. The van der Waals surface area contributed by atoms with Crippen molar-refractivity contribution in [2.75, 3.05) is 13.2 Å². The van der Waals surface area contributed by atoms with Crippen molar-refractivity contribution in [3.63, 3.8) is 0 Å². The molecule has 0 amide bonds. The number of unbranched alkanes of at least 4 members (excludes halogenated alkanes) is 2. The number of rotatable bonds is 13. The molecule has 174 valence electrons. The summed E-state index contributed by atoms with van der Waals surface area (Å²) < 4.78 is 5.24. The lowest BCUT2D eigenvalue weighted by Crippen LogP contribution is -2.20. The van der Waals surface area contributed by atoms with Gasteiger partial charge in [0.05, 0.1) is 6.61 Å². The molecule has 1 N–H and O–H groups in total. The van der Waals surface area contributed by atoms with Crippen LogP contribution in [-0.2, 0) is 22.4 Å². The lowest BCUT2D eigenvalue weighted by atomic mass is 9.76. The summed E-state index contributed by atoms with van der Waals surface area (Å²) in [5, 5.41) is 9.62. The van der Waals surface area contributed by atoms with Crippen molar-refractivity contribution < 1.29 is 14.6 Å². The highest BCUT2D eigenvalue weighted by Crippen LogP contribution is 2.38. The minimum atomic E-state index is -0.359. The van der Waals surface area contributed by atoms with Gasteiger partial charge in [0.2, 0.25) is 0 Å². The third-order valence-electron chi connectivity index (χ3n) is 7.02. The van der Waals surface area contributed by atoms with E-state index in [1.165, 1.54) is 56.9 Å². The number of aryl methyl sites for hydroxylation is 2. The van der Waals surface area contributed by atoms with E-state index in [0.29, 0.717) is 18.1 Å². The Morgan fingerprint density at radius 1 is 1.16 bits per heavy atom. The Hall–Kier alpha value is -1.61. The van der Waals surface area contributed by atoms with Gasteiger partial charge in [-0.15, -0.1) is 0 Å². The first-order valence-electron chi connectivity index (χ1n) is 12.5. The van der Waals surface area contributed by atoms with Gasteiger partial charge in [-0.1, -0.05) is 51.5 Å². The maximum atomic E-state index is 11.6. The Kier molecular flexibility index (Phi) is 11.4. The van der Waals surface area contributed by atoms with Crippen LogP contribution in [0, 0.1) is 11.8 Å². The van der Waals surface area contributed by atoms with Crippen LogP contribution >= 0.6 is 0 Å². The number of esters is 1. The molecule has 0 spiro atoms. The quantitative estimate of drug-likeness (QED) is 0.214. The highest BCUT2D eigenvalue weighted by atomic mass is 16.5. The van der Waals surface area contributed by atoms with Gasteiger partial charge in [-0.3, -0.25) is 0 Å². The first-order chi connectivity index (χ1) is 15.0. The van der Waals surface area contributed by atoms with Crippen LogP contribution in [0.2, 0.25) is 0 Å². The molecule has 0 radical (unpaired) electrons. The van der Waals surface area contributed by atoms with Crippen molar-refractivity contribution in [3.8, 4) is 0 Å². The number of carbonyl (C=O) groups is 1. The van der Waals surface area contributed by atoms with Gasteiger partial charge in [-0.05, 0) is 93.2 Å². The lowest BCUT2D eigenvalue weighted by molar-refractivity contribution is -0.140. The molecule has 1 fully saturated rings. The second kappa shape index (κ2) is 13.7. The molecule has 0 bridgehead atoms. The van der Waals surface area contributed by atoms with E-state index in [9.17, 15) is 9.90 Å². The van der Waals surface area contributed by atoms with Gasteiger partial charge in [0, 0.05) is 18.1 Å². The van der Waals surface area contributed by atoms with Gasteiger partial charge in [0.15, 0.2) is 0 Å². The highest BCUT2D eigenvalue weighted by molar-refractivity contribution is 5.86. The van der Waals surface area contributed by atoms with Crippen LogP contribution in [0.4, 0.5) is 0 Å². The fourth-order valence-corrected chi connectivity index (χ4v) is 4.84. The molecule has 0 aliphatic heterocycles. The summed E-state index contributed by atoms with van der Waals surface area (Å²) in [6, 6.07) is 7.28. The predicted molar refractivity (Wildman–Crippen MR) is 129 cm³/mol. The van der Waals surface area contributed by atoms with E-state index >= 15 is 0 Å². The first-order valence-corrected chi connectivity index (χ1v) is 12.5. The molecular weight excluding hydrogens is 384 g/mol. The van der Waals surface area contributed by atoms with Crippen LogP contribution in [0.5, 0.6) is 0 Å². The molecule has 3 heteroatoms.